The van der Waals surface area contributed by atoms with Gasteiger partial charge in [-0.1, -0.05) is 41.4 Å². The van der Waals surface area contributed by atoms with Crippen LogP contribution in [0, 0.1) is 0 Å². The van der Waals surface area contributed by atoms with Crippen molar-refractivity contribution in [3.63, 3.8) is 0 Å². The molecule has 140 valence electrons. The molecule has 1 N–H and O–H groups in total. The number of halogens is 2. The normalized spacial score (nSPS) is 18.3. The predicted octanol–water partition coefficient (Wildman–Crippen LogP) is 4.82. The standard InChI is InChI=1S/C20H17Cl2NO4/c1-11(2)23-16-8-7-12(21)9-14(16)19(13-5-3-4-6-15(13)22)27-17(20(23)26)10-18(24)25/h3-11,19H,1-2H3,(H,24,25)/b17-10+. The monoisotopic (exact) mass is 405 g/mol. The zero-order chi connectivity index (χ0) is 19.7. The van der Waals surface area contributed by atoms with Crippen LogP contribution in [0.15, 0.2) is 54.3 Å². The van der Waals surface area contributed by atoms with E-state index in [1.165, 1.54) is 4.90 Å². The Labute approximate surface area is 166 Å². The highest BCUT2D eigenvalue weighted by Gasteiger charge is 2.36. The molecule has 0 radical (unpaired) electrons. The zero-order valence-electron chi connectivity index (χ0n) is 14.6. The van der Waals surface area contributed by atoms with Crippen LogP contribution in [0.4, 0.5) is 5.69 Å². The van der Waals surface area contributed by atoms with Crippen molar-refractivity contribution >= 4 is 40.8 Å². The van der Waals surface area contributed by atoms with Crippen LogP contribution in [0.3, 0.4) is 0 Å². The van der Waals surface area contributed by atoms with Crippen LogP contribution in [0.25, 0.3) is 0 Å². The molecule has 0 aliphatic carbocycles. The van der Waals surface area contributed by atoms with Crippen molar-refractivity contribution in [2.45, 2.75) is 26.0 Å². The van der Waals surface area contributed by atoms with E-state index in [0.29, 0.717) is 26.9 Å². The maximum Gasteiger partial charge on any atom is 0.332 e. The van der Waals surface area contributed by atoms with Crippen LogP contribution in [0.5, 0.6) is 0 Å². The zero-order valence-corrected chi connectivity index (χ0v) is 16.2. The van der Waals surface area contributed by atoms with Crippen molar-refractivity contribution in [1.82, 2.24) is 0 Å². The number of aliphatic carboxylic acids is 1. The summed E-state index contributed by atoms with van der Waals surface area (Å²) in [5.74, 6) is -2.08. The van der Waals surface area contributed by atoms with E-state index >= 15 is 0 Å². The van der Waals surface area contributed by atoms with Crippen molar-refractivity contribution in [3.05, 3.63) is 75.5 Å². The molecule has 0 spiro atoms. The van der Waals surface area contributed by atoms with Crippen molar-refractivity contribution in [2.75, 3.05) is 4.90 Å². The van der Waals surface area contributed by atoms with Crippen LogP contribution < -0.4 is 4.90 Å². The number of carbonyl (C=O) groups is 2. The lowest BCUT2D eigenvalue weighted by Crippen LogP contribution is -2.37. The minimum Gasteiger partial charge on any atom is -0.478 e. The number of hydrogen-bond donors (Lipinski definition) is 1. The third-order valence-electron chi connectivity index (χ3n) is 4.16. The van der Waals surface area contributed by atoms with Gasteiger partial charge in [0.15, 0.2) is 11.9 Å². The van der Waals surface area contributed by atoms with Gasteiger partial charge in [0.25, 0.3) is 5.91 Å². The average Bonchev–Trinajstić information content (AvgIpc) is 2.70. The molecule has 1 unspecified atom stereocenters. The molecule has 1 atom stereocenters. The molecule has 1 heterocycles. The highest BCUT2D eigenvalue weighted by Crippen LogP contribution is 2.42. The SMILES string of the molecule is CC(C)N1C(=O)/C(=C\C(=O)O)OC(c2ccccc2Cl)c2cc(Cl)ccc21. The van der Waals surface area contributed by atoms with Crippen LogP contribution in [0.1, 0.15) is 31.1 Å². The van der Waals surface area contributed by atoms with Crippen molar-refractivity contribution in [2.24, 2.45) is 0 Å². The molecule has 1 aliphatic rings. The first-order valence-electron chi connectivity index (χ1n) is 8.28. The molecule has 0 aromatic heterocycles. The van der Waals surface area contributed by atoms with E-state index in [2.05, 4.69) is 0 Å². The molecule has 1 amide bonds. The molecule has 0 saturated heterocycles. The number of carboxylic acid groups (broad SMARTS) is 1. The Kier molecular flexibility index (Phi) is 5.44. The maximum atomic E-state index is 13.0. The summed E-state index contributed by atoms with van der Waals surface area (Å²) < 4.78 is 5.91. The number of rotatable bonds is 3. The second-order valence-corrected chi connectivity index (χ2v) is 7.18. The van der Waals surface area contributed by atoms with Gasteiger partial charge in [0.05, 0.1) is 11.8 Å². The molecule has 0 fully saturated rings. The Bertz CT molecular complexity index is 939. The van der Waals surface area contributed by atoms with Gasteiger partial charge in [-0.3, -0.25) is 4.79 Å². The fourth-order valence-corrected chi connectivity index (χ4v) is 3.48. The Morgan fingerprint density at radius 3 is 2.52 bits per heavy atom. The predicted molar refractivity (Wildman–Crippen MR) is 104 cm³/mol. The van der Waals surface area contributed by atoms with E-state index in [4.69, 9.17) is 27.9 Å². The van der Waals surface area contributed by atoms with Gasteiger partial charge in [0.1, 0.15) is 0 Å². The number of anilines is 1. The smallest absolute Gasteiger partial charge is 0.332 e. The number of ether oxygens (including phenoxy) is 1. The van der Waals surface area contributed by atoms with Crippen LogP contribution in [0.2, 0.25) is 10.0 Å². The lowest BCUT2D eigenvalue weighted by atomic mass is 9.99. The molecule has 7 heteroatoms. The van der Waals surface area contributed by atoms with Gasteiger partial charge in [0.2, 0.25) is 0 Å². The molecule has 27 heavy (non-hydrogen) atoms. The van der Waals surface area contributed by atoms with E-state index in [1.807, 2.05) is 13.8 Å². The number of amides is 1. The molecular weight excluding hydrogens is 389 g/mol. The number of carbonyl (C=O) groups excluding carboxylic acids is 1. The summed E-state index contributed by atoms with van der Waals surface area (Å²) in [6, 6.07) is 11.9. The van der Waals surface area contributed by atoms with E-state index in [-0.39, 0.29) is 11.8 Å². The summed E-state index contributed by atoms with van der Waals surface area (Å²) in [6.07, 6.45) is -0.0135. The molecule has 2 aromatic rings. The average molecular weight is 406 g/mol. The Morgan fingerprint density at radius 2 is 1.89 bits per heavy atom. The minimum absolute atomic E-state index is 0.233. The molecule has 0 bridgehead atoms. The fraction of sp³-hybridized carbons (Fsp3) is 0.200. The Balaban J connectivity index is 2.30. The van der Waals surface area contributed by atoms with Crippen molar-refractivity contribution in [1.29, 1.82) is 0 Å². The Hall–Kier alpha value is -2.50. The van der Waals surface area contributed by atoms with E-state index in [0.717, 1.165) is 6.08 Å². The number of carboxylic acids is 1. The largest absolute Gasteiger partial charge is 0.478 e. The summed E-state index contributed by atoms with van der Waals surface area (Å²) in [6.45, 7) is 3.68. The second-order valence-electron chi connectivity index (χ2n) is 6.34. The van der Waals surface area contributed by atoms with Crippen LogP contribution in [-0.4, -0.2) is 23.0 Å². The number of nitrogens with zero attached hydrogens (tertiary/aromatic N) is 1. The Morgan fingerprint density at radius 1 is 1.19 bits per heavy atom. The molecule has 2 aromatic carbocycles. The highest BCUT2D eigenvalue weighted by atomic mass is 35.5. The van der Waals surface area contributed by atoms with Gasteiger partial charge in [-0.2, -0.15) is 0 Å². The van der Waals surface area contributed by atoms with Gasteiger partial charge in [0, 0.05) is 27.2 Å². The summed E-state index contributed by atoms with van der Waals surface area (Å²) in [5, 5.41) is 10.1. The minimum atomic E-state index is -1.27. The topological polar surface area (TPSA) is 66.8 Å². The molecule has 5 nitrogen and oxygen atoms in total. The highest BCUT2D eigenvalue weighted by molar-refractivity contribution is 6.31. The third kappa shape index (κ3) is 3.80. The maximum absolute atomic E-state index is 13.0. The lowest BCUT2D eigenvalue weighted by Gasteiger charge is -2.26. The molecule has 3 rings (SSSR count). The quantitative estimate of drug-likeness (QED) is 0.742. The first-order chi connectivity index (χ1) is 12.8. The number of benzene rings is 2. The third-order valence-corrected chi connectivity index (χ3v) is 4.74. The number of hydrogen-bond acceptors (Lipinski definition) is 3. The molecule has 1 aliphatic heterocycles. The van der Waals surface area contributed by atoms with Gasteiger partial charge in [-0.05, 0) is 38.1 Å². The van der Waals surface area contributed by atoms with Gasteiger partial charge < -0.3 is 14.7 Å². The molecule has 0 saturated carbocycles. The first kappa shape index (κ1) is 19.3. The van der Waals surface area contributed by atoms with Gasteiger partial charge in [-0.15, -0.1) is 0 Å². The summed E-state index contributed by atoms with van der Waals surface area (Å²) in [5.41, 5.74) is 1.84. The molecular formula is C20H17Cl2NO4. The van der Waals surface area contributed by atoms with Crippen LogP contribution in [-0.2, 0) is 14.3 Å². The number of fused-ring (bicyclic) bond motifs is 1. The fourth-order valence-electron chi connectivity index (χ4n) is 3.06. The van der Waals surface area contributed by atoms with Crippen molar-refractivity contribution < 1.29 is 19.4 Å². The first-order valence-corrected chi connectivity index (χ1v) is 9.04. The van der Waals surface area contributed by atoms with Gasteiger partial charge >= 0.3 is 5.97 Å². The summed E-state index contributed by atoms with van der Waals surface area (Å²) in [4.78, 5) is 25.8. The van der Waals surface area contributed by atoms with E-state index < -0.39 is 18.0 Å². The van der Waals surface area contributed by atoms with E-state index in [1.54, 1.807) is 42.5 Å². The van der Waals surface area contributed by atoms with E-state index in [9.17, 15) is 14.7 Å². The van der Waals surface area contributed by atoms with Crippen LogP contribution >= 0.6 is 23.2 Å². The lowest BCUT2D eigenvalue weighted by molar-refractivity contribution is -0.132. The van der Waals surface area contributed by atoms with Gasteiger partial charge in [-0.25, -0.2) is 4.79 Å². The summed E-state index contributed by atoms with van der Waals surface area (Å²) in [7, 11) is 0. The second kappa shape index (κ2) is 7.62. The van der Waals surface area contributed by atoms with Crippen molar-refractivity contribution in [3.8, 4) is 0 Å². The summed E-state index contributed by atoms with van der Waals surface area (Å²) >= 11 is 12.6.